The van der Waals surface area contributed by atoms with Crippen molar-refractivity contribution in [1.82, 2.24) is 10.3 Å². The van der Waals surface area contributed by atoms with Crippen LogP contribution in [0.25, 0.3) is 0 Å². The second kappa shape index (κ2) is 5.01. The maximum Gasteiger partial charge on any atom is 0.229 e. The predicted molar refractivity (Wildman–Crippen MR) is 76.3 cm³/mol. The monoisotopic (exact) mass is 273 g/mol. The van der Waals surface area contributed by atoms with Crippen LogP contribution < -0.4 is 10.6 Å². The molecule has 2 unspecified atom stereocenters. The van der Waals surface area contributed by atoms with Crippen LogP contribution in [-0.2, 0) is 4.79 Å². The van der Waals surface area contributed by atoms with Gasteiger partial charge >= 0.3 is 0 Å². The number of carbonyl (C=O) groups excluding carboxylic acids is 1. The number of anilines is 1. The fourth-order valence-electron chi connectivity index (χ4n) is 2.34. The summed E-state index contributed by atoms with van der Waals surface area (Å²) in [6, 6.07) is 7.92. The van der Waals surface area contributed by atoms with Crippen LogP contribution in [0.5, 0.6) is 0 Å². The van der Waals surface area contributed by atoms with Gasteiger partial charge in [0.25, 0.3) is 0 Å². The maximum atomic E-state index is 12.3. The molecule has 2 N–H and O–H groups in total. The lowest BCUT2D eigenvalue weighted by Gasteiger charge is -2.15. The van der Waals surface area contributed by atoms with Gasteiger partial charge < -0.3 is 10.6 Å². The van der Waals surface area contributed by atoms with Crippen molar-refractivity contribution >= 4 is 22.9 Å². The number of hydrogen-bond donors (Lipinski definition) is 2. The number of amides is 1. The normalized spacial score (nSPS) is 18.5. The molecule has 5 heteroatoms. The largest absolute Gasteiger partial charge is 0.384 e. The zero-order chi connectivity index (χ0) is 13.2. The molecule has 0 radical (unpaired) electrons. The minimum absolute atomic E-state index is 0.0414. The third-order valence-electron chi connectivity index (χ3n) is 3.33. The van der Waals surface area contributed by atoms with E-state index in [1.807, 2.05) is 36.6 Å². The van der Waals surface area contributed by atoms with E-state index < -0.39 is 0 Å². The molecule has 4 nitrogen and oxygen atoms in total. The molecule has 1 aromatic heterocycles. The molecule has 1 aromatic carbocycles. The van der Waals surface area contributed by atoms with E-state index in [-0.39, 0.29) is 17.9 Å². The number of carbonyl (C=O) groups is 1. The third kappa shape index (κ3) is 2.33. The van der Waals surface area contributed by atoms with Crippen molar-refractivity contribution in [2.75, 3.05) is 11.9 Å². The van der Waals surface area contributed by atoms with E-state index in [1.165, 1.54) is 0 Å². The van der Waals surface area contributed by atoms with Gasteiger partial charge in [0.05, 0.1) is 12.0 Å². The molecule has 1 aliphatic heterocycles. The first-order valence-corrected chi connectivity index (χ1v) is 7.16. The van der Waals surface area contributed by atoms with E-state index in [0.29, 0.717) is 6.54 Å². The molecular formula is C14H15N3OS. The number of aromatic nitrogens is 1. The van der Waals surface area contributed by atoms with Crippen molar-refractivity contribution < 1.29 is 4.79 Å². The molecule has 98 valence electrons. The van der Waals surface area contributed by atoms with E-state index in [0.717, 1.165) is 16.3 Å². The molecule has 3 rings (SSSR count). The lowest BCUT2D eigenvalue weighted by atomic mass is 10.0. The number of fused-ring (bicyclic) bond motifs is 1. The topological polar surface area (TPSA) is 54.0 Å². The Bertz CT molecular complexity index is 582. The second-order valence-electron chi connectivity index (χ2n) is 4.62. The molecule has 0 spiro atoms. The van der Waals surface area contributed by atoms with Gasteiger partial charge in [0, 0.05) is 23.8 Å². The number of rotatable bonds is 3. The van der Waals surface area contributed by atoms with Crippen LogP contribution in [0.4, 0.5) is 5.69 Å². The van der Waals surface area contributed by atoms with Gasteiger partial charge in [0.1, 0.15) is 5.01 Å². The highest BCUT2D eigenvalue weighted by Crippen LogP contribution is 2.31. The van der Waals surface area contributed by atoms with Crippen LogP contribution >= 0.6 is 11.3 Å². The molecule has 2 atom stereocenters. The molecule has 1 amide bonds. The number of para-hydroxylation sites is 1. The van der Waals surface area contributed by atoms with Gasteiger partial charge in [-0.2, -0.15) is 0 Å². The summed E-state index contributed by atoms with van der Waals surface area (Å²) in [4.78, 5) is 16.6. The summed E-state index contributed by atoms with van der Waals surface area (Å²) in [5, 5.41) is 9.16. The quantitative estimate of drug-likeness (QED) is 0.903. The molecule has 2 heterocycles. The number of thiazole rings is 1. The summed E-state index contributed by atoms with van der Waals surface area (Å²) in [6.45, 7) is 2.63. The van der Waals surface area contributed by atoms with E-state index in [2.05, 4.69) is 15.6 Å². The average molecular weight is 273 g/mol. The molecule has 2 aromatic rings. The molecule has 0 saturated carbocycles. The van der Waals surface area contributed by atoms with Crippen molar-refractivity contribution in [3.8, 4) is 0 Å². The van der Waals surface area contributed by atoms with Gasteiger partial charge in [0.2, 0.25) is 5.91 Å². The summed E-state index contributed by atoms with van der Waals surface area (Å²) in [5.74, 6) is -0.0567. The predicted octanol–water partition coefficient (Wildman–Crippen LogP) is 2.53. The summed E-state index contributed by atoms with van der Waals surface area (Å²) in [5.41, 5.74) is 2.14. The first kappa shape index (κ1) is 12.2. The Morgan fingerprint density at radius 2 is 2.37 bits per heavy atom. The Morgan fingerprint density at radius 3 is 3.16 bits per heavy atom. The lowest BCUT2D eigenvalue weighted by Crippen LogP contribution is -2.32. The fraction of sp³-hybridized carbons (Fsp3) is 0.286. The Morgan fingerprint density at radius 1 is 1.53 bits per heavy atom. The van der Waals surface area contributed by atoms with Gasteiger partial charge in [-0.15, -0.1) is 11.3 Å². The first-order chi connectivity index (χ1) is 9.25. The highest BCUT2D eigenvalue weighted by Gasteiger charge is 2.29. The molecule has 1 aliphatic rings. The Kier molecular flexibility index (Phi) is 3.21. The number of nitrogens with zero attached hydrogens (tertiary/aromatic N) is 1. The van der Waals surface area contributed by atoms with Crippen LogP contribution in [0, 0.1) is 0 Å². The number of nitrogens with one attached hydrogen (secondary N) is 2. The van der Waals surface area contributed by atoms with Crippen molar-refractivity contribution in [3.05, 3.63) is 46.4 Å². The van der Waals surface area contributed by atoms with E-state index >= 15 is 0 Å². The fourth-order valence-corrected chi connectivity index (χ4v) is 2.99. The van der Waals surface area contributed by atoms with Gasteiger partial charge in [-0.3, -0.25) is 4.79 Å². The number of benzene rings is 1. The summed E-state index contributed by atoms with van der Waals surface area (Å²) >= 11 is 1.56. The van der Waals surface area contributed by atoms with Crippen LogP contribution in [0.2, 0.25) is 0 Å². The van der Waals surface area contributed by atoms with Crippen molar-refractivity contribution in [2.45, 2.75) is 18.9 Å². The molecular weight excluding hydrogens is 258 g/mol. The van der Waals surface area contributed by atoms with Crippen LogP contribution in [-0.4, -0.2) is 17.4 Å². The zero-order valence-electron chi connectivity index (χ0n) is 10.6. The molecule has 0 aliphatic carbocycles. The van der Waals surface area contributed by atoms with E-state index in [1.54, 1.807) is 17.5 Å². The van der Waals surface area contributed by atoms with Crippen molar-refractivity contribution in [2.24, 2.45) is 0 Å². The van der Waals surface area contributed by atoms with Crippen LogP contribution in [0.15, 0.2) is 35.8 Å². The Balaban J connectivity index is 1.72. The highest BCUT2D eigenvalue weighted by atomic mass is 32.1. The minimum atomic E-state index is -0.112. The van der Waals surface area contributed by atoms with Crippen molar-refractivity contribution in [3.63, 3.8) is 0 Å². The molecule has 0 bridgehead atoms. The van der Waals surface area contributed by atoms with Crippen LogP contribution in [0.3, 0.4) is 0 Å². The molecule has 0 saturated heterocycles. The third-order valence-corrected chi connectivity index (χ3v) is 4.29. The van der Waals surface area contributed by atoms with Gasteiger partial charge in [-0.1, -0.05) is 18.2 Å². The summed E-state index contributed by atoms with van der Waals surface area (Å²) in [7, 11) is 0. The van der Waals surface area contributed by atoms with Crippen LogP contribution in [0.1, 0.15) is 29.5 Å². The standard InChI is InChI=1S/C14H15N3OS/c1-9(14-15-6-7-19-14)17-13(18)11-8-16-12-5-3-2-4-10(11)12/h2-7,9,11,16H,8H2,1H3,(H,17,18). The van der Waals surface area contributed by atoms with E-state index in [4.69, 9.17) is 0 Å². The Labute approximate surface area is 115 Å². The minimum Gasteiger partial charge on any atom is -0.384 e. The van der Waals surface area contributed by atoms with Gasteiger partial charge in [-0.05, 0) is 18.6 Å². The smallest absolute Gasteiger partial charge is 0.229 e. The van der Waals surface area contributed by atoms with E-state index in [9.17, 15) is 4.79 Å². The molecule has 0 fully saturated rings. The highest BCUT2D eigenvalue weighted by molar-refractivity contribution is 7.09. The summed E-state index contributed by atoms with van der Waals surface area (Å²) < 4.78 is 0. The summed E-state index contributed by atoms with van der Waals surface area (Å²) in [6.07, 6.45) is 1.76. The first-order valence-electron chi connectivity index (χ1n) is 6.28. The second-order valence-corrected chi connectivity index (χ2v) is 5.55. The molecule has 19 heavy (non-hydrogen) atoms. The average Bonchev–Trinajstić information content (AvgIpc) is 3.08. The maximum absolute atomic E-state index is 12.3. The van der Waals surface area contributed by atoms with Crippen molar-refractivity contribution in [1.29, 1.82) is 0 Å². The zero-order valence-corrected chi connectivity index (χ0v) is 11.4. The SMILES string of the molecule is CC(NC(=O)C1CNc2ccccc21)c1nccs1. The van der Waals surface area contributed by atoms with Gasteiger partial charge in [-0.25, -0.2) is 4.98 Å². The lowest BCUT2D eigenvalue weighted by molar-refractivity contribution is -0.122. The van der Waals surface area contributed by atoms with Gasteiger partial charge in [0.15, 0.2) is 0 Å². The Hall–Kier alpha value is -1.88. The number of hydrogen-bond acceptors (Lipinski definition) is 4.